The van der Waals surface area contributed by atoms with Crippen molar-refractivity contribution in [1.29, 1.82) is 0 Å². The Labute approximate surface area is 366 Å². The Kier molecular flexibility index (Phi) is 8.01. The zero-order chi connectivity index (χ0) is 41.4. The minimum absolute atomic E-state index is 0.638. The number of thiophene rings is 1. The molecule has 6 heteroatoms. The Morgan fingerprint density at radius 2 is 0.730 bits per heavy atom. The third-order valence-corrected chi connectivity index (χ3v) is 13.5. The summed E-state index contributed by atoms with van der Waals surface area (Å²) in [5.41, 5.74) is 12.2. The fourth-order valence-corrected chi connectivity index (χ4v) is 10.6. The van der Waals surface area contributed by atoms with Crippen molar-refractivity contribution in [2.75, 3.05) is 0 Å². The van der Waals surface area contributed by atoms with E-state index >= 15 is 0 Å². The molecule has 0 aliphatic heterocycles. The molecule has 4 aromatic heterocycles. The highest BCUT2D eigenvalue weighted by atomic mass is 32.1. The van der Waals surface area contributed by atoms with Crippen molar-refractivity contribution >= 4 is 75.1 Å². The van der Waals surface area contributed by atoms with Crippen LogP contribution in [0.15, 0.2) is 212 Å². The lowest BCUT2D eigenvalue weighted by atomic mass is 10.0. The average molecular weight is 822 g/mol. The van der Waals surface area contributed by atoms with Gasteiger partial charge in [0.1, 0.15) is 0 Å². The van der Waals surface area contributed by atoms with E-state index in [-0.39, 0.29) is 0 Å². The van der Waals surface area contributed by atoms with Gasteiger partial charge in [-0.05, 0) is 71.8 Å². The summed E-state index contributed by atoms with van der Waals surface area (Å²) in [6.45, 7) is 0. The molecule has 0 radical (unpaired) electrons. The van der Waals surface area contributed by atoms with E-state index in [1.54, 1.807) is 0 Å². The fraction of sp³-hybridized carbons (Fsp3) is 0. The zero-order valence-corrected chi connectivity index (χ0v) is 34.7. The highest BCUT2D eigenvalue weighted by molar-refractivity contribution is 7.26. The summed E-state index contributed by atoms with van der Waals surface area (Å²) in [5.74, 6) is 1.93. The molecule has 5 nitrogen and oxygen atoms in total. The molecule has 0 unspecified atom stereocenters. The average Bonchev–Trinajstić information content (AvgIpc) is 4.00. The van der Waals surface area contributed by atoms with Gasteiger partial charge in [0.05, 0.1) is 22.1 Å². The predicted octanol–water partition coefficient (Wildman–Crippen LogP) is 15.1. The summed E-state index contributed by atoms with van der Waals surface area (Å²) in [6, 6.07) is 75.7. The van der Waals surface area contributed by atoms with Gasteiger partial charge in [-0.25, -0.2) is 15.0 Å². The van der Waals surface area contributed by atoms with E-state index in [9.17, 15) is 0 Å². The van der Waals surface area contributed by atoms with Crippen molar-refractivity contribution in [3.8, 4) is 56.7 Å². The van der Waals surface area contributed by atoms with Gasteiger partial charge in [0, 0.05) is 69.8 Å². The van der Waals surface area contributed by atoms with Gasteiger partial charge in [0.25, 0.3) is 0 Å². The highest BCUT2D eigenvalue weighted by Gasteiger charge is 2.19. The molecule has 0 N–H and O–H groups in total. The van der Waals surface area contributed by atoms with Crippen LogP contribution in [-0.2, 0) is 0 Å². The first-order chi connectivity index (χ1) is 31.2. The molecule has 0 aliphatic carbocycles. The lowest BCUT2D eigenvalue weighted by Crippen LogP contribution is -2.00. The molecule has 0 fully saturated rings. The molecule has 4 heterocycles. The highest BCUT2D eigenvalue weighted by Crippen LogP contribution is 2.43. The molecule has 0 saturated carbocycles. The molecular weight excluding hydrogens is 787 g/mol. The van der Waals surface area contributed by atoms with Crippen LogP contribution in [0.4, 0.5) is 0 Å². The van der Waals surface area contributed by atoms with Gasteiger partial charge in [-0.1, -0.05) is 152 Å². The first kappa shape index (κ1) is 35.6. The Balaban J connectivity index is 0.930. The summed E-state index contributed by atoms with van der Waals surface area (Å²) in [6.07, 6.45) is 0. The van der Waals surface area contributed by atoms with Crippen molar-refractivity contribution in [2.24, 2.45) is 0 Å². The molecule has 294 valence electrons. The van der Waals surface area contributed by atoms with E-state index in [1.165, 1.54) is 69.4 Å². The number of nitrogens with zero attached hydrogens (tertiary/aromatic N) is 5. The quantitative estimate of drug-likeness (QED) is 0.168. The Bertz CT molecular complexity index is 3770. The van der Waals surface area contributed by atoms with E-state index in [4.69, 9.17) is 15.0 Å². The molecule has 13 rings (SSSR count). The zero-order valence-electron chi connectivity index (χ0n) is 33.9. The second-order valence-corrected chi connectivity index (χ2v) is 17.1. The fourth-order valence-electron chi connectivity index (χ4n) is 9.40. The normalized spacial score (nSPS) is 11.8. The van der Waals surface area contributed by atoms with Crippen molar-refractivity contribution in [3.63, 3.8) is 0 Å². The number of benzene rings is 9. The maximum atomic E-state index is 5.07. The second-order valence-electron chi connectivity index (χ2n) is 16.0. The monoisotopic (exact) mass is 821 g/mol. The summed E-state index contributed by atoms with van der Waals surface area (Å²) < 4.78 is 7.29. The number of aromatic nitrogens is 5. The molecule has 63 heavy (non-hydrogen) atoms. The third-order valence-electron chi connectivity index (χ3n) is 12.4. The molecular formula is C57H35N5S. The van der Waals surface area contributed by atoms with Crippen LogP contribution in [0.5, 0.6) is 0 Å². The molecule has 0 spiro atoms. The van der Waals surface area contributed by atoms with Crippen LogP contribution >= 0.6 is 11.3 Å². The molecule has 0 amide bonds. The van der Waals surface area contributed by atoms with Crippen LogP contribution in [0.25, 0.3) is 120 Å². The van der Waals surface area contributed by atoms with Crippen LogP contribution in [0.3, 0.4) is 0 Å². The summed E-state index contributed by atoms with van der Waals surface area (Å²) in [5, 5.41) is 7.47. The van der Waals surface area contributed by atoms with Crippen molar-refractivity contribution in [2.45, 2.75) is 0 Å². The van der Waals surface area contributed by atoms with Gasteiger partial charge in [0.15, 0.2) is 17.5 Å². The van der Waals surface area contributed by atoms with Crippen LogP contribution in [-0.4, -0.2) is 24.1 Å². The van der Waals surface area contributed by atoms with Gasteiger partial charge >= 0.3 is 0 Å². The van der Waals surface area contributed by atoms with Gasteiger partial charge in [0.2, 0.25) is 0 Å². The maximum Gasteiger partial charge on any atom is 0.164 e. The van der Waals surface area contributed by atoms with Crippen LogP contribution in [0.1, 0.15) is 0 Å². The van der Waals surface area contributed by atoms with Gasteiger partial charge < -0.3 is 9.13 Å². The van der Waals surface area contributed by atoms with Crippen LogP contribution < -0.4 is 0 Å². The van der Waals surface area contributed by atoms with Crippen molar-refractivity contribution in [1.82, 2.24) is 24.1 Å². The second kappa shape index (κ2) is 14.2. The largest absolute Gasteiger partial charge is 0.309 e. The Morgan fingerprint density at radius 3 is 1.38 bits per heavy atom. The summed E-state index contributed by atoms with van der Waals surface area (Å²) in [7, 11) is 0. The maximum absolute atomic E-state index is 5.07. The molecule has 0 bridgehead atoms. The smallest absolute Gasteiger partial charge is 0.164 e. The number of fused-ring (bicyclic) bond motifs is 9. The first-order valence-corrected chi connectivity index (χ1v) is 22.0. The minimum atomic E-state index is 0.638. The number of rotatable bonds is 6. The molecule has 13 aromatic rings. The Morgan fingerprint density at radius 1 is 0.270 bits per heavy atom. The lowest BCUT2D eigenvalue weighted by molar-refractivity contribution is 1.07. The van der Waals surface area contributed by atoms with Crippen LogP contribution in [0, 0.1) is 0 Å². The molecule has 0 saturated heterocycles. The first-order valence-electron chi connectivity index (χ1n) is 21.2. The minimum Gasteiger partial charge on any atom is -0.309 e. The van der Waals surface area contributed by atoms with E-state index in [2.05, 4.69) is 161 Å². The molecule has 0 atom stereocenters. The summed E-state index contributed by atoms with van der Waals surface area (Å²) in [4.78, 5) is 15.1. The van der Waals surface area contributed by atoms with E-state index < -0.39 is 0 Å². The third kappa shape index (κ3) is 5.80. The Hall–Kier alpha value is -8.19. The number of hydrogen-bond acceptors (Lipinski definition) is 4. The van der Waals surface area contributed by atoms with Crippen molar-refractivity contribution in [3.05, 3.63) is 212 Å². The van der Waals surface area contributed by atoms with Gasteiger partial charge in [-0.15, -0.1) is 11.3 Å². The molecule has 0 aliphatic rings. The topological polar surface area (TPSA) is 48.5 Å². The standard InChI is InChI=1S/C57H35N5S/c1-4-14-37(15-5-1)55-58-56(38-16-6-2-7-17-38)60-57(59-55)40-27-30-45-47-34-48-46-31-26-39(33-53(46)63-54(48)35-52(47)62(51(45)32-40)41-18-8-3-9-19-41)36-24-28-42(29-25-36)61-49-22-12-10-20-43(49)44-21-11-13-23-50(44)61/h1-35H. The van der Waals surface area contributed by atoms with E-state index in [1.807, 2.05) is 72.0 Å². The predicted molar refractivity (Wildman–Crippen MR) is 263 cm³/mol. The van der Waals surface area contributed by atoms with Gasteiger partial charge in [-0.3, -0.25) is 0 Å². The van der Waals surface area contributed by atoms with Crippen LogP contribution in [0.2, 0.25) is 0 Å². The number of hydrogen-bond donors (Lipinski definition) is 0. The van der Waals surface area contributed by atoms with E-state index in [0.717, 1.165) is 33.6 Å². The SMILES string of the molecule is c1ccc(-c2nc(-c3ccccc3)nc(-c3ccc4c5cc6c(cc5n(-c5ccccc5)c4c3)sc3cc(-c4ccc(-n5c7ccccc7c7ccccc75)cc4)ccc36)n2)cc1. The molecule has 9 aromatic carbocycles. The van der Waals surface area contributed by atoms with Crippen molar-refractivity contribution < 1.29 is 0 Å². The lowest BCUT2D eigenvalue weighted by Gasteiger charge is -2.10. The van der Waals surface area contributed by atoms with Gasteiger partial charge in [-0.2, -0.15) is 0 Å². The summed E-state index contributed by atoms with van der Waals surface area (Å²) >= 11 is 1.86. The number of para-hydroxylation sites is 3. The van der Waals surface area contributed by atoms with E-state index in [0.29, 0.717) is 17.5 Å².